The van der Waals surface area contributed by atoms with E-state index in [1.54, 1.807) is 0 Å². The van der Waals surface area contributed by atoms with Crippen molar-refractivity contribution in [3.63, 3.8) is 0 Å². The number of rotatable bonds is 3. The van der Waals surface area contributed by atoms with Gasteiger partial charge in [0.15, 0.2) is 0 Å². The topological polar surface area (TPSA) is 22.1 Å². The largest absolute Gasteiger partial charge is 0.474 e. The molecular formula is C10H14BrNO. The predicted molar refractivity (Wildman–Crippen MR) is 57.1 cm³/mol. The van der Waals surface area contributed by atoms with E-state index in [1.165, 1.54) is 0 Å². The van der Waals surface area contributed by atoms with Gasteiger partial charge in [-0.1, -0.05) is 6.92 Å². The third-order valence-electron chi connectivity index (χ3n) is 1.83. The molecule has 0 amide bonds. The second-order valence-corrected chi connectivity index (χ2v) is 3.99. The van der Waals surface area contributed by atoms with Crippen molar-refractivity contribution in [3.8, 4) is 5.88 Å². The van der Waals surface area contributed by atoms with Gasteiger partial charge in [0.2, 0.25) is 5.88 Å². The van der Waals surface area contributed by atoms with E-state index in [4.69, 9.17) is 4.74 Å². The molecule has 0 radical (unpaired) electrons. The van der Waals surface area contributed by atoms with Gasteiger partial charge in [0.1, 0.15) is 0 Å². The van der Waals surface area contributed by atoms with Crippen LogP contribution in [0.4, 0.5) is 0 Å². The van der Waals surface area contributed by atoms with Gasteiger partial charge in [-0.25, -0.2) is 4.98 Å². The van der Waals surface area contributed by atoms with E-state index < -0.39 is 0 Å². The standard InChI is InChI=1S/C10H14BrNO/c1-4-8(3)13-10-9(11)5-7(2)6-12-10/h5-6,8H,4H2,1-3H3. The van der Waals surface area contributed by atoms with Crippen molar-refractivity contribution in [3.05, 3.63) is 22.3 Å². The summed E-state index contributed by atoms with van der Waals surface area (Å²) in [5, 5.41) is 0. The zero-order chi connectivity index (χ0) is 9.84. The lowest BCUT2D eigenvalue weighted by Gasteiger charge is -2.12. The Morgan fingerprint density at radius 1 is 1.62 bits per heavy atom. The van der Waals surface area contributed by atoms with Crippen LogP contribution in [0.1, 0.15) is 25.8 Å². The molecule has 0 fully saturated rings. The Morgan fingerprint density at radius 2 is 2.31 bits per heavy atom. The van der Waals surface area contributed by atoms with Gasteiger partial charge in [-0.05, 0) is 47.8 Å². The lowest BCUT2D eigenvalue weighted by Crippen LogP contribution is -2.11. The maximum absolute atomic E-state index is 5.59. The minimum absolute atomic E-state index is 0.214. The van der Waals surface area contributed by atoms with Crippen LogP contribution in [0, 0.1) is 6.92 Å². The van der Waals surface area contributed by atoms with Gasteiger partial charge < -0.3 is 4.74 Å². The Hall–Kier alpha value is -0.570. The molecule has 1 rings (SSSR count). The smallest absolute Gasteiger partial charge is 0.228 e. The van der Waals surface area contributed by atoms with Crippen molar-refractivity contribution in [2.75, 3.05) is 0 Å². The third-order valence-corrected chi connectivity index (χ3v) is 2.40. The Morgan fingerprint density at radius 3 is 2.85 bits per heavy atom. The maximum Gasteiger partial charge on any atom is 0.228 e. The van der Waals surface area contributed by atoms with Gasteiger partial charge >= 0.3 is 0 Å². The molecule has 0 aromatic carbocycles. The van der Waals surface area contributed by atoms with Crippen LogP contribution in [0.25, 0.3) is 0 Å². The SMILES string of the molecule is CCC(C)Oc1ncc(C)cc1Br. The van der Waals surface area contributed by atoms with Crippen molar-refractivity contribution in [2.45, 2.75) is 33.3 Å². The Labute approximate surface area is 87.5 Å². The van der Waals surface area contributed by atoms with Crippen molar-refractivity contribution >= 4 is 15.9 Å². The van der Waals surface area contributed by atoms with Crippen LogP contribution < -0.4 is 4.74 Å². The maximum atomic E-state index is 5.59. The molecule has 0 spiro atoms. The molecule has 2 nitrogen and oxygen atoms in total. The van der Waals surface area contributed by atoms with E-state index in [0.717, 1.165) is 16.5 Å². The minimum Gasteiger partial charge on any atom is -0.474 e. The number of pyridine rings is 1. The number of ether oxygens (including phenoxy) is 1. The molecule has 1 unspecified atom stereocenters. The van der Waals surface area contributed by atoms with Crippen molar-refractivity contribution in [1.82, 2.24) is 4.98 Å². The first kappa shape index (κ1) is 10.5. The molecule has 3 heteroatoms. The normalized spacial score (nSPS) is 12.6. The van der Waals surface area contributed by atoms with Crippen LogP contribution in [0.5, 0.6) is 5.88 Å². The van der Waals surface area contributed by atoms with E-state index in [-0.39, 0.29) is 6.10 Å². The quantitative estimate of drug-likeness (QED) is 0.813. The van der Waals surface area contributed by atoms with Crippen molar-refractivity contribution in [2.24, 2.45) is 0 Å². The van der Waals surface area contributed by atoms with E-state index in [2.05, 4.69) is 27.8 Å². The number of nitrogens with zero attached hydrogens (tertiary/aromatic N) is 1. The van der Waals surface area contributed by atoms with E-state index in [1.807, 2.05) is 26.1 Å². The summed E-state index contributed by atoms with van der Waals surface area (Å²) < 4.78 is 6.52. The van der Waals surface area contributed by atoms with Gasteiger partial charge in [-0.3, -0.25) is 0 Å². The molecule has 0 aliphatic heterocycles. The average molecular weight is 244 g/mol. The molecule has 1 atom stereocenters. The van der Waals surface area contributed by atoms with Crippen molar-refractivity contribution < 1.29 is 4.74 Å². The van der Waals surface area contributed by atoms with Gasteiger partial charge in [0.05, 0.1) is 10.6 Å². The molecule has 1 aromatic rings. The number of halogens is 1. The van der Waals surface area contributed by atoms with Crippen LogP contribution in [0.3, 0.4) is 0 Å². The van der Waals surface area contributed by atoms with Crippen LogP contribution >= 0.6 is 15.9 Å². The van der Waals surface area contributed by atoms with Crippen LogP contribution in [-0.2, 0) is 0 Å². The molecule has 0 N–H and O–H groups in total. The second-order valence-electron chi connectivity index (χ2n) is 3.14. The van der Waals surface area contributed by atoms with E-state index in [9.17, 15) is 0 Å². The molecule has 0 aliphatic rings. The summed E-state index contributed by atoms with van der Waals surface area (Å²) in [6.07, 6.45) is 3.01. The van der Waals surface area contributed by atoms with E-state index >= 15 is 0 Å². The molecular weight excluding hydrogens is 230 g/mol. The summed E-state index contributed by atoms with van der Waals surface area (Å²) >= 11 is 3.42. The Kier molecular flexibility index (Phi) is 3.72. The van der Waals surface area contributed by atoms with E-state index in [0.29, 0.717) is 5.88 Å². The second kappa shape index (κ2) is 4.61. The van der Waals surface area contributed by atoms with Crippen LogP contribution in [0.15, 0.2) is 16.7 Å². The zero-order valence-electron chi connectivity index (χ0n) is 8.17. The van der Waals surface area contributed by atoms with Gasteiger partial charge in [0.25, 0.3) is 0 Å². The highest BCUT2D eigenvalue weighted by atomic mass is 79.9. The lowest BCUT2D eigenvalue weighted by molar-refractivity contribution is 0.207. The molecule has 0 aliphatic carbocycles. The first-order chi connectivity index (χ1) is 6.13. The molecule has 1 heterocycles. The van der Waals surface area contributed by atoms with Crippen LogP contribution in [0.2, 0.25) is 0 Å². The fourth-order valence-corrected chi connectivity index (χ4v) is 1.44. The first-order valence-electron chi connectivity index (χ1n) is 4.42. The predicted octanol–water partition coefficient (Wildman–Crippen LogP) is 3.33. The highest BCUT2D eigenvalue weighted by molar-refractivity contribution is 9.10. The van der Waals surface area contributed by atoms with Gasteiger partial charge in [-0.2, -0.15) is 0 Å². The summed E-state index contributed by atoms with van der Waals surface area (Å²) in [5.74, 6) is 0.681. The molecule has 72 valence electrons. The Bertz CT molecular complexity index is 288. The summed E-state index contributed by atoms with van der Waals surface area (Å²) in [4.78, 5) is 4.20. The summed E-state index contributed by atoms with van der Waals surface area (Å²) in [6.45, 7) is 6.13. The van der Waals surface area contributed by atoms with Gasteiger partial charge in [0, 0.05) is 6.20 Å². The number of aryl methyl sites for hydroxylation is 1. The summed E-state index contributed by atoms with van der Waals surface area (Å²) in [6, 6.07) is 2.00. The van der Waals surface area contributed by atoms with Gasteiger partial charge in [-0.15, -0.1) is 0 Å². The average Bonchev–Trinajstić information content (AvgIpc) is 2.09. The lowest BCUT2D eigenvalue weighted by atomic mass is 10.3. The number of hydrogen-bond donors (Lipinski definition) is 0. The first-order valence-corrected chi connectivity index (χ1v) is 5.21. The zero-order valence-corrected chi connectivity index (χ0v) is 9.76. The molecule has 0 bridgehead atoms. The molecule has 0 saturated carbocycles. The molecule has 1 aromatic heterocycles. The third kappa shape index (κ3) is 2.99. The highest BCUT2D eigenvalue weighted by Gasteiger charge is 2.06. The minimum atomic E-state index is 0.214. The number of hydrogen-bond acceptors (Lipinski definition) is 2. The summed E-state index contributed by atoms with van der Waals surface area (Å²) in [5.41, 5.74) is 1.13. The summed E-state index contributed by atoms with van der Waals surface area (Å²) in [7, 11) is 0. The highest BCUT2D eigenvalue weighted by Crippen LogP contribution is 2.23. The molecule has 0 saturated heterocycles. The van der Waals surface area contributed by atoms with Crippen LogP contribution in [-0.4, -0.2) is 11.1 Å². The Balaban J connectivity index is 2.77. The fourth-order valence-electron chi connectivity index (χ4n) is 0.882. The number of aromatic nitrogens is 1. The fraction of sp³-hybridized carbons (Fsp3) is 0.500. The monoisotopic (exact) mass is 243 g/mol. The van der Waals surface area contributed by atoms with Crippen molar-refractivity contribution in [1.29, 1.82) is 0 Å². The molecule has 13 heavy (non-hydrogen) atoms.